The van der Waals surface area contributed by atoms with E-state index in [1.54, 1.807) is 0 Å². The molecule has 0 aromatic rings. The van der Waals surface area contributed by atoms with E-state index in [0.29, 0.717) is 6.04 Å². The van der Waals surface area contributed by atoms with E-state index in [-0.39, 0.29) is 5.60 Å². The molecule has 14 heavy (non-hydrogen) atoms. The number of hydrogen-bond acceptors (Lipinski definition) is 3. The van der Waals surface area contributed by atoms with Crippen LogP contribution in [0, 0.1) is 5.92 Å². The second kappa shape index (κ2) is 4.17. The number of hydrazine groups is 1. The van der Waals surface area contributed by atoms with Crippen molar-refractivity contribution in [2.75, 3.05) is 7.11 Å². The van der Waals surface area contributed by atoms with Gasteiger partial charge in [-0.1, -0.05) is 12.8 Å². The third-order valence-corrected chi connectivity index (χ3v) is 4.00. The lowest BCUT2D eigenvalue weighted by molar-refractivity contribution is -0.101. The minimum absolute atomic E-state index is 0.0592. The maximum Gasteiger partial charge on any atom is 0.0844 e. The normalized spacial score (nSPS) is 27.0. The molecule has 0 radical (unpaired) electrons. The van der Waals surface area contributed by atoms with Gasteiger partial charge in [-0.25, -0.2) is 0 Å². The van der Waals surface area contributed by atoms with Gasteiger partial charge in [-0.15, -0.1) is 0 Å². The Bertz CT molecular complexity index is 182. The molecule has 3 heteroatoms. The smallest absolute Gasteiger partial charge is 0.0844 e. The van der Waals surface area contributed by atoms with Gasteiger partial charge < -0.3 is 4.74 Å². The zero-order valence-electron chi connectivity index (χ0n) is 9.09. The molecule has 82 valence electrons. The van der Waals surface area contributed by atoms with E-state index in [2.05, 4.69) is 5.43 Å². The van der Waals surface area contributed by atoms with Crippen molar-refractivity contribution < 1.29 is 4.74 Å². The molecule has 1 unspecified atom stereocenters. The molecule has 2 rings (SSSR count). The van der Waals surface area contributed by atoms with E-state index >= 15 is 0 Å². The average molecular weight is 198 g/mol. The van der Waals surface area contributed by atoms with Crippen LogP contribution in [-0.2, 0) is 4.74 Å². The molecule has 0 spiro atoms. The first-order valence-corrected chi connectivity index (χ1v) is 5.82. The summed E-state index contributed by atoms with van der Waals surface area (Å²) < 4.78 is 5.64. The standard InChI is InChI=1S/C11H22N2O/c1-14-11(7-2-8-11)10(13-12)6-5-9-3-4-9/h9-10,13H,2-8,12H2,1H3. The molecule has 2 aliphatic rings. The molecular formula is C11H22N2O. The zero-order valence-corrected chi connectivity index (χ0v) is 9.09. The van der Waals surface area contributed by atoms with Crippen molar-refractivity contribution in [3.05, 3.63) is 0 Å². The van der Waals surface area contributed by atoms with Crippen LogP contribution < -0.4 is 11.3 Å². The summed E-state index contributed by atoms with van der Waals surface area (Å²) >= 11 is 0. The maximum absolute atomic E-state index is 5.64. The van der Waals surface area contributed by atoms with Gasteiger partial charge in [0.15, 0.2) is 0 Å². The highest BCUT2D eigenvalue weighted by Crippen LogP contribution is 2.41. The van der Waals surface area contributed by atoms with Gasteiger partial charge >= 0.3 is 0 Å². The van der Waals surface area contributed by atoms with Crippen molar-refractivity contribution in [1.29, 1.82) is 0 Å². The van der Waals surface area contributed by atoms with Crippen LogP contribution in [0.5, 0.6) is 0 Å². The van der Waals surface area contributed by atoms with Gasteiger partial charge in [0, 0.05) is 7.11 Å². The number of hydrogen-bond donors (Lipinski definition) is 2. The van der Waals surface area contributed by atoms with Crippen molar-refractivity contribution in [2.24, 2.45) is 11.8 Å². The van der Waals surface area contributed by atoms with E-state index in [1.807, 2.05) is 7.11 Å². The first-order chi connectivity index (χ1) is 6.80. The van der Waals surface area contributed by atoms with Crippen LogP contribution in [0.15, 0.2) is 0 Å². The minimum Gasteiger partial charge on any atom is -0.377 e. The van der Waals surface area contributed by atoms with E-state index in [1.165, 1.54) is 44.9 Å². The lowest BCUT2D eigenvalue weighted by Gasteiger charge is -2.46. The van der Waals surface area contributed by atoms with Gasteiger partial charge in [-0.05, 0) is 38.0 Å². The fourth-order valence-corrected chi connectivity index (χ4v) is 2.53. The predicted molar refractivity (Wildman–Crippen MR) is 56.7 cm³/mol. The summed E-state index contributed by atoms with van der Waals surface area (Å²) in [6, 6.07) is 0.363. The molecule has 3 nitrogen and oxygen atoms in total. The quantitative estimate of drug-likeness (QED) is 0.503. The number of nitrogens with one attached hydrogen (secondary N) is 1. The summed E-state index contributed by atoms with van der Waals surface area (Å²) in [5.74, 6) is 6.61. The van der Waals surface area contributed by atoms with Crippen LogP contribution in [0.4, 0.5) is 0 Å². The molecule has 0 aromatic carbocycles. The largest absolute Gasteiger partial charge is 0.377 e. The number of rotatable bonds is 6. The van der Waals surface area contributed by atoms with Gasteiger partial charge in [-0.3, -0.25) is 11.3 Å². The molecule has 1 atom stereocenters. The minimum atomic E-state index is 0.0592. The van der Waals surface area contributed by atoms with Crippen LogP contribution >= 0.6 is 0 Å². The molecular weight excluding hydrogens is 176 g/mol. The Morgan fingerprint density at radius 2 is 2.21 bits per heavy atom. The van der Waals surface area contributed by atoms with Crippen molar-refractivity contribution in [3.8, 4) is 0 Å². The van der Waals surface area contributed by atoms with Crippen molar-refractivity contribution >= 4 is 0 Å². The molecule has 2 saturated carbocycles. The van der Waals surface area contributed by atoms with Gasteiger partial charge in [-0.2, -0.15) is 0 Å². The highest BCUT2D eigenvalue weighted by Gasteiger charge is 2.44. The first-order valence-electron chi connectivity index (χ1n) is 5.82. The Balaban J connectivity index is 1.82. The van der Waals surface area contributed by atoms with Crippen LogP contribution in [0.25, 0.3) is 0 Å². The van der Waals surface area contributed by atoms with E-state index in [0.717, 1.165) is 5.92 Å². The van der Waals surface area contributed by atoms with Crippen molar-refractivity contribution in [1.82, 2.24) is 5.43 Å². The predicted octanol–water partition coefficient (Wildman–Crippen LogP) is 1.58. The van der Waals surface area contributed by atoms with Crippen molar-refractivity contribution in [2.45, 2.75) is 56.6 Å². The second-order valence-corrected chi connectivity index (χ2v) is 4.86. The van der Waals surface area contributed by atoms with Gasteiger partial charge in [0.05, 0.1) is 11.6 Å². The first kappa shape index (κ1) is 10.4. The molecule has 2 fully saturated rings. The highest BCUT2D eigenvalue weighted by atomic mass is 16.5. The molecule has 0 saturated heterocycles. The van der Waals surface area contributed by atoms with Crippen LogP contribution in [0.1, 0.15) is 44.9 Å². The molecule has 0 heterocycles. The maximum atomic E-state index is 5.64. The Kier molecular flexibility index (Phi) is 3.10. The highest BCUT2D eigenvalue weighted by molar-refractivity contribution is 4.99. The Morgan fingerprint density at radius 1 is 1.50 bits per heavy atom. The summed E-state index contributed by atoms with van der Waals surface area (Å²) in [5.41, 5.74) is 3.01. The second-order valence-electron chi connectivity index (χ2n) is 4.86. The SMILES string of the molecule is COC1(C(CCC2CC2)NN)CCC1. The third kappa shape index (κ3) is 1.95. The van der Waals surface area contributed by atoms with E-state index in [9.17, 15) is 0 Å². The lowest BCUT2D eigenvalue weighted by atomic mass is 9.73. The van der Waals surface area contributed by atoms with E-state index in [4.69, 9.17) is 10.6 Å². The lowest BCUT2D eigenvalue weighted by Crippen LogP contribution is -2.58. The molecule has 2 aliphatic carbocycles. The molecule has 0 bridgehead atoms. The third-order valence-electron chi connectivity index (χ3n) is 4.00. The Morgan fingerprint density at radius 3 is 2.57 bits per heavy atom. The average Bonchev–Trinajstić information content (AvgIpc) is 2.93. The number of nitrogens with two attached hydrogens (primary N) is 1. The van der Waals surface area contributed by atoms with Gasteiger partial charge in [0.25, 0.3) is 0 Å². The number of methoxy groups -OCH3 is 1. The molecule has 3 N–H and O–H groups in total. The summed E-state index contributed by atoms with van der Waals surface area (Å²) in [6.45, 7) is 0. The van der Waals surface area contributed by atoms with Gasteiger partial charge in [0.2, 0.25) is 0 Å². The fraction of sp³-hybridized carbons (Fsp3) is 1.00. The topological polar surface area (TPSA) is 47.3 Å². The molecule has 0 amide bonds. The monoisotopic (exact) mass is 198 g/mol. The summed E-state index contributed by atoms with van der Waals surface area (Å²) in [7, 11) is 1.82. The molecule has 0 aromatic heterocycles. The summed E-state index contributed by atoms with van der Waals surface area (Å²) in [6.07, 6.45) is 8.98. The van der Waals surface area contributed by atoms with E-state index < -0.39 is 0 Å². The zero-order chi connectivity index (χ0) is 10.0. The summed E-state index contributed by atoms with van der Waals surface area (Å²) in [4.78, 5) is 0. The Hall–Kier alpha value is -0.120. The summed E-state index contributed by atoms with van der Waals surface area (Å²) in [5, 5.41) is 0. The number of ether oxygens (including phenoxy) is 1. The van der Waals surface area contributed by atoms with Crippen LogP contribution in [0.3, 0.4) is 0 Å². The van der Waals surface area contributed by atoms with Crippen LogP contribution in [-0.4, -0.2) is 18.8 Å². The fourth-order valence-electron chi connectivity index (χ4n) is 2.53. The Labute approximate surface area is 86.4 Å². The van der Waals surface area contributed by atoms with Gasteiger partial charge in [0.1, 0.15) is 0 Å². The van der Waals surface area contributed by atoms with Crippen LogP contribution in [0.2, 0.25) is 0 Å². The van der Waals surface area contributed by atoms with Crippen molar-refractivity contribution in [3.63, 3.8) is 0 Å². The molecule has 0 aliphatic heterocycles.